The molecule has 0 unspecified atom stereocenters. The topological polar surface area (TPSA) is 67.4 Å². The number of carbonyl (C=O) groups is 2. The molecule has 1 aliphatic carbocycles. The van der Waals surface area contributed by atoms with Crippen molar-refractivity contribution < 1.29 is 14.3 Å². The van der Waals surface area contributed by atoms with Crippen LogP contribution in [0.2, 0.25) is 0 Å². The maximum absolute atomic E-state index is 12.3. The number of aryl methyl sites for hydroxylation is 1. The minimum absolute atomic E-state index is 0.274. The van der Waals surface area contributed by atoms with E-state index in [0.29, 0.717) is 22.1 Å². The first-order valence-corrected chi connectivity index (χ1v) is 9.28. The third-order valence-corrected chi connectivity index (χ3v) is 5.84. The highest BCUT2D eigenvalue weighted by molar-refractivity contribution is 7.14. The number of hydrogen-bond acceptors (Lipinski definition) is 4. The molecule has 1 aromatic carbocycles. The lowest BCUT2D eigenvalue weighted by atomic mass is 9.87. The molecule has 0 bridgehead atoms. The van der Waals surface area contributed by atoms with Gasteiger partial charge in [0.15, 0.2) is 0 Å². The van der Waals surface area contributed by atoms with Crippen molar-refractivity contribution >= 4 is 23.2 Å². The molecule has 5 nitrogen and oxygen atoms in total. The smallest absolute Gasteiger partial charge is 0.279 e. The molecule has 1 aromatic heterocycles. The van der Waals surface area contributed by atoms with Crippen molar-refractivity contribution in [3.8, 4) is 5.75 Å². The largest absolute Gasteiger partial charge is 0.497 e. The van der Waals surface area contributed by atoms with Crippen molar-refractivity contribution in [2.45, 2.75) is 32.6 Å². The van der Waals surface area contributed by atoms with Crippen LogP contribution in [0, 0.1) is 5.92 Å². The molecule has 2 N–H and O–H groups in total. The fourth-order valence-electron chi connectivity index (χ4n) is 3.07. The number of hydrogen-bond donors (Lipinski definition) is 2. The van der Waals surface area contributed by atoms with E-state index in [9.17, 15) is 9.59 Å². The Labute approximate surface area is 151 Å². The summed E-state index contributed by atoms with van der Waals surface area (Å²) in [5, 5.41) is 0. The Balaban J connectivity index is 1.61. The van der Waals surface area contributed by atoms with E-state index in [1.165, 1.54) is 34.6 Å². The van der Waals surface area contributed by atoms with Gasteiger partial charge in [-0.2, -0.15) is 0 Å². The Bertz CT molecular complexity index is 785. The van der Waals surface area contributed by atoms with Crippen molar-refractivity contribution in [2.75, 3.05) is 7.11 Å². The van der Waals surface area contributed by atoms with Crippen LogP contribution in [0.3, 0.4) is 0 Å². The van der Waals surface area contributed by atoms with Crippen LogP contribution in [-0.4, -0.2) is 18.9 Å². The SMILES string of the molecule is CC[C@H]1CCc2sc(C(=O)NNC(=O)c3cccc(OC)c3)cc2C1. The van der Waals surface area contributed by atoms with Gasteiger partial charge in [-0.1, -0.05) is 19.4 Å². The van der Waals surface area contributed by atoms with Gasteiger partial charge in [-0.15, -0.1) is 11.3 Å². The van der Waals surface area contributed by atoms with Gasteiger partial charge in [0.05, 0.1) is 12.0 Å². The minimum atomic E-state index is -0.375. The van der Waals surface area contributed by atoms with Gasteiger partial charge < -0.3 is 4.74 Å². The van der Waals surface area contributed by atoms with E-state index in [1.54, 1.807) is 31.4 Å². The summed E-state index contributed by atoms with van der Waals surface area (Å²) in [7, 11) is 1.54. The van der Waals surface area contributed by atoms with Gasteiger partial charge >= 0.3 is 0 Å². The summed E-state index contributed by atoms with van der Waals surface area (Å²) in [6.07, 6.45) is 4.46. The summed E-state index contributed by atoms with van der Waals surface area (Å²) in [5.41, 5.74) is 6.67. The van der Waals surface area contributed by atoms with E-state index in [-0.39, 0.29) is 11.8 Å². The maximum Gasteiger partial charge on any atom is 0.279 e. The second-order valence-electron chi connectivity index (χ2n) is 6.22. The molecule has 6 heteroatoms. The Kier molecular flexibility index (Phi) is 5.38. The van der Waals surface area contributed by atoms with Crippen LogP contribution in [0.25, 0.3) is 0 Å². The first-order valence-electron chi connectivity index (χ1n) is 8.47. The van der Waals surface area contributed by atoms with E-state index in [1.807, 2.05) is 6.07 Å². The molecule has 1 atom stereocenters. The van der Waals surface area contributed by atoms with Gasteiger partial charge in [-0.05, 0) is 55.0 Å². The van der Waals surface area contributed by atoms with E-state index < -0.39 is 0 Å². The fourth-order valence-corrected chi connectivity index (χ4v) is 4.17. The first-order chi connectivity index (χ1) is 12.1. The number of amides is 2. The minimum Gasteiger partial charge on any atom is -0.497 e. The summed E-state index contributed by atoms with van der Waals surface area (Å²) in [4.78, 5) is 26.4. The molecular formula is C19H22N2O3S. The quantitative estimate of drug-likeness (QED) is 0.824. The molecular weight excluding hydrogens is 336 g/mol. The van der Waals surface area contributed by atoms with Crippen molar-refractivity contribution in [3.63, 3.8) is 0 Å². The van der Waals surface area contributed by atoms with Crippen LogP contribution >= 0.6 is 11.3 Å². The predicted molar refractivity (Wildman–Crippen MR) is 98.1 cm³/mol. The van der Waals surface area contributed by atoms with E-state index in [2.05, 4.69) is 17.8 Å². The average Bonchev–Trinajstić information content (AvgIpc) is 3.09. The number of nitrogens with one attached hydrogen (secondary N) is 2. The van der Waals surface area contributed by atoms with Crippen molar-refractivity contribution in [3.05, 3.63) is 51.2 Å². The molecule has 1 heterocycles. The number of ether oxygens (including phenoxy) is 1. The fraction of sp³-hybridized carbons (Fsp3) is 0.368. The monoisotopic (exact) mass is 358 g/mol. The third-order valence-electron chi connectivity index (χ3n) is 4.61. The number of hydrazine groups is 1. The van der Waals surface area contributed by atoms with E-state index in [4.69, 9.17) is 4.74 Å². The van der Waals surface area contributed by atoms with Gasteiger partial charge in [0.2, 0.25) is 0 Å². The zero-order valence-corrected chi connectivity index (χ0v) is 15.2. The Hall–Kier alpha value is -2.34. The molecule has 25 heavy (non-hydrogen) atoms. The van der Waals surface area contributed by atoms with Gasteiger partial charge in [-0.25, -0.2) is 0 Å². The van der Waals surface area contributed by atoms with Crippen LogP contribution < -0.4 is 15.6 Å². The summed E-state index contributed by atoms with van der Waals surface area (Å²) in [6, 6.07) is 8.74. The maximum atomic E-state index is 12.3. The average molecular weight is 358 g/mol. The van der Waals surface area contributed by atoms with Gasteiger partial charge in [-0.3, -0.25) is 20.4 Å². The molecule has 3 rings (SSSR count). The lowest BCUT2D eigenvalue weighted by Crippen LogP contribution is -2.41. The van der Waals surface area contributed by atoms with Crippen molar-refractivity contribution in [1.29, 1.82) is 0 Å². The lowest BCUT2D eigenvalue weighted by Gasteiger charge is -2.19. The van der Waals surface area contributed by atoms with Gasteiger partial charge in [0, 0.05) is 10.4 Å². The van der Waals surface area contributed by atoms with Gasteiger partial charge in [0.1, 0.15) is 5.75 Å². The summed E-state index contributed by atoms with van der Waals surface area (Å²) in [6.45, 7) is 2.21. The zero-order chi connectivity index (χ0) is 17.8. The standard InChI is InChI=1S/C19H22N2O3S/c1-3-12-7-8-16-14(9-12)11-17(25-16)19(23)21-20-18(22)13-5-4-6-15(10-13)24-2/h4-6,10-12H,3,7-9H2,1-2H3,(H,20,22)(H,21,23)/t12-/m0/s1. The van der Waals surface area contributed by atoms with Crippen LogP contribution in [0.1, 0.15) is 50.2 Å². The molecule has 2 aromatic rings. The van der Waals surface area contributed by atoms with Gasteiger partial charge in [0.25, 0.3) is 11.8 Å². The Morgan fingerprint density at radius 3 is 2.80 bits per heavy atom. The second-order valence-corrected chi connectivity index (χ2v) is 7.35. The van der Waals surface area contributed by atoms with Crippen LogP contribution in [-0.2, 0) is 12.8 Å². The van der Waals surface area contributed by atoms with Crippen LogP contribution in [0.4, 0.5) is 0 Å². The molecule has 0 spiro atoms. The lowest BCUT2D eigenvalue weighted by molar-refractivity contribution is 0.0848. The molecule has 0 saturated carbocycles. The first kappa shape index (κ1) is 17.5. The molecule has 0 aliphatic heterocycles. The highest BCUT2D eigenvalue weighted by atomic mass is 32.1. The zero-order valence-electron chi connectivity index (χ0n) is 14.4. The predicted octanol–water partition coefficient (Wildman–Crippen LogP) is 3.35. The number of carbonyl (C=O) groups excluding carboxylic acids is 2. The molecule has 0 fully saturated rings. The van der Waals surface area contributed by atoms with Crippen LogP contribution in [0.15, 0.2) is 30.3 Å². The number of thiophene rings is 1. The number of methoxy groups -OCH3 is 1. The third kappa shape index (κ3) is 4.02. The number of fused-ring (bicyclic) bond motifs is 1. The normalized spacial score (nSPS) is 16.0. The molecule has 1 aliphatic rings. The molecule has 132 valence electrons. The van der Waals surface area contributed by atoms with Crippen molar-refractivity contribution in [2.24, 2.45) is 5.92 Å². The summed E-state index contributed by atoms with van der Waals surface area (Å²) in [5.74, 6) is 0.657. The summed E-state index contributed by atoms with van der Waals surface area (Å²) < 4.78 is 5.10. The van der Waals surface area contributed by atoms with Crippen molar-refractivity contribution in [1.82, 2.24) is 10.9 Å². The number of rotatable bonds is 4. The van der Waals surface area contributed by atoms with Crippen LogP contribution in [0.5, 0.6) is 5.75 Å². The highest BCUT2D eigenvalue weighted by Crippen LogP contribution is 2.33. The molecule has 0 radical (unpaired) electrons. The van der Waals surface area contributed by atoms with E-state index >= 15 is 0 Å². The Morgan fingerprint density at radius 1 is 1.24 bits per heavy atom. The second kappa shape index (κ2) is 7.70. The summed E-state index contributed by atoms with van der Waals surface area (Å²) >= 11 is 1.53. The number of benzene rings is 1. The highest BCUT2D eigenvalue weighted by Gasteiger charge is 2.22. The Morgan fingerprint density at radius 2 is 2.04 bits per heavy atom. The molecule has 2 amide bonds. The molecule has 0 saturated heterocycles. The van der Waals surface area contributed by atoms with E-state index in [0.717, 1.165) is 12.8 Å².